The Hall–Kier alpha value is -1.43. The molecule has 2 fully saturated rings. The van der Waals surface area contributed by atoms with Crippen LogP contribution in [0.4, 0.5) is 0 Å². The van der Waals surface area contributed by atoms with E-state index in [2.05, 4.69) is 32.0 Å². The lowest BCUT2D eigenvalue weighted by Gasteiger charge is -2.29. The highest BCUT2D eigenvalue weighted by Gasteiger charge is 2.56. The molecule has 1 saturated carbocycles. The second-order valence-electron chi connectivity index (χ2n) is 7.29. The van der Waals surface area contributed by atoms with Gasteiger partial charge in [-0.15, -0.1) is 0 Å². The van der Waals surface area contributed by atoms with Crippen molar-refractivity contribution in [3.8, 4) is 5.75 Å². The van der Waals surface area contributed by atoms with Crippen molar-refractivity contribution in [2.75, 3.05) is 13.1 Å². The highest BCUT2D eigenvalue weighted by atomic mass is 32.1. The molecule has 0 radical (unpaired) electrons. The van der Waals surface area contributed by atoms with Crippen molar-refractivity contribution in [2.45, 2.75) is 45.3 Å². The van der Waals surface area contributed by atoms with Crippen molar-refractivity contribution in [2.24, 2.45) is 5.41 Å². The maximum atomic E-state index is 10.2. The Morgan fingerprint density at radius 3 is 2.88 bits per heavy atom. The number of aryl methyl sites for hydroxylation is 1. The van der Waals surface area contributed by atoms with Gasteiger partial charge in [-0.25, -0.2) is 0 Å². The zero-order valence-corrected chi connectivity index (χ0v) is 15.0. The number of aromatic hydroxyl groups is 1. The van der Waals surface area contributed by atoms with Gasteiger partial charge in [0.25, 0.3) is 0 Å². The molecule has 1 aliphatic carbocycles. The summed E-state index contributed by atoms with van der Waals surface area (Å²) in [5, 5.41) is 18.1. The van der Waals surface area contributed by atoms with Crippen LogP contribution in [0.3, 0.4) is 0 Å². The normalized spacial score (nSPS) is 22.2. The summed E-state index contributed by atoms with van der Waals surface area (Å²) >= 11 is 1.75. The van der Waals surface area contributed by atoms with E-state index in [0.717, 1.165) is 37.6 Å². The lowest BCUT2D eigenvalue weighted by atomic mass is 9.93. The SMILES string of the molecule is Cc1ccc(O)c(CN(Cc2ccsc2)[C@@H]2CC23CCNCC3)n1. The molecule has 2 aromatic heterocycles. The Labute approximate surface area is 147 Å². The van der Waals surface area contributed by atoms with Crippen LogP contribution in [0, 0.1) is 12.3 Å². The summed E-state index contributed by atoms with van der Waals surface area (Å²) in [6.45, 7) is 5.92. The van der Waals surface area contributed by atoms with Gasteiger partial charge in [-0.1, -0.05) is 0 Å². The Morgan fingerprint density at radius 2 is 2.12 bits per heavy atom. The number of rotatable bonds is 5. The maximum absolute atomic E-state index is 10.2. The zero-order chi connectivity index (χ0) is 16.6. The molecule has 1 atom stereocenters. The molecule has 1 aliphatic heterocycles. The molecule has 2 aliphatic rings. The van der Waals surface area contributed by atoms with E-state index in [0.29, 0.717) is 17.2 Å². The fourth-order valence-electron chi connectivity index (χ4n) is 4.11. The smallest absolute Gasteiger partial charge is 0.138 e. The third-order valence-electron chi connectivity index (χ3n) is 5.59. The Bertz CT molecular complexity index is 695. The number of pyridine rings is 1. The molecular formula is C19H25N3OS. The van der Waals surface area contributed by atoms with E-state index in [9.17, 15) is 5.11 Å². The first kappa shape index (κ1) is 16.1. The van der Waals surface area contributed by atoms with E-state index in [1.54, 1.807) is 17.4 Å². The molecule has 1 spiro atoms. The average Bonchev–Trinajstić information content (AvgIpc) is 3.02. The van der Waals surface area contributed by atoms with Crippen molar-refractivity contribution in [1.29, 1.82) is 0 Å². The van der Waals surface area contributed by atoms with Crippen LogP contribution in [0.25, 0.3) is 0 Å². The van der Waals surface area contributed by atoms with Gasteiger partial charge in [-0.05, 0) is 79.2 Å². The van der Waals surface area contributed by atoms with Crippen molar-refractivity contribution in [1.82, 2.24) is 15.2 Å². The van der Waals surface area contributed by atoms with E-state index >= 15 is 0 Å². The summed E-state index contributed by atoms with van der Waals surface area (Å²) in [4.78, 5) is 7.12. The highest BCUT2D eigenvalue weighted by Crippen LogP contribution is 2.56. The predicted octanol–water partition coefficient (Wildman–Crippen LogP) is 3.30. The first-order valence-corrected chi connectivity index (χ1v) is 9.72. The van der Waals surface area contributed by atoms with Gasteiger partial charge in [0.05, 0.1) is 5.69 Å². The fourth-order valence-corrected chi connectivity index (χ4v) is 4.77. The number of nitrogens with one attached hydrogen (secondary N) is 1. The van der Waals surface area contributed by atoms with Crippen molar-refractivity contribution >= 4 is 11.3 Å². The number of nitrogens with zero attached hydrogens (tertiary/aromatic N) is 2. The maximum Gasteiger partial charge on any atom is 0.138 e. The van der Waals surface area contributed by atoms with Gasteiger partial charge in [0.1, 0.15) is 5.75 Å². The van der Waals surface area contributed by atoms with Crippen LogP contribution >= 0.6 is 11.3 Å². The van der Waals surface area contributed by atoms with Crippen molar-refractivity contribution < 1.29 is 5.11 Å². The van der Waals surface area contributed by atoms with E-state index in [1.165, 1.54) is 24.8 Å². The molecule has 4 nitrogen and oxygen atoms in total. The van der Waals surface area contributed by atoms with Gasteiger partial charge in [0.15, 0.2) is 0 Å². The molecule has 24 heavy (non-hydrogen) atoms. The lowest BCUT2D eigenvalue weighted by Crippen LogP contribution is -2.35. The fraction of sp³-hybridized carbons (Fsp3) is 0.526. The predicted molar refractivity (Wildman–Crippen MR) is 97.1 cm³/mol. The monoisotopic (exact) mass is 343 g/mol. The molecule has 128 valence electrons. The molecule has 2 N–H and O–H groups in total. The second-order valence-corrected chi connectivity index (χ2v) is 8.07. The number of hydrogen-bond acceptors (Lipinski definition) is 5. The largest absolute Gasteiger partial charge is 0.506 e. The second kappa shape index (κ2) is 6.47. The van der Waals surface area contributed by atoms with Crippen LogP contribution in [0.1, 0.15) is 36.2 Å². The first-order chi connectivity index (χ1) is 11.7. The summed E-state index contributed by atoms with van der Waals surface area (Å²) in [5.74, 6) is 0.316. The topological polar surface area (TPSA) is 48.4 Å². The Kier molecular flexibility index (Phi) is 4.33. The molecule has 4 rings (SSSR count). The van der Waals surface area contributed by atoms with Gasteiger partial charge >= 0.3 is 0 Å². The molecular weight excluding hydrogens is 318 g/mol. The van der Waals surface area contributed by atoms with Crippen LogP contribution in [-0.2, 0) is 13.1 Å². The van der Waals surface area contributed by atoms with Gasteiger partial charge in [-0.2, -0.15) is 11.3 Å². The van der Waals surface area contributed by atoms with Crippen LogP contribution in [0.15, 0.2) is 29.0 Å². The minimum Gasteiger partial charge on any atom is -0.506 e. The van der Waals surface area contributed by atoms with Gasteiger partial charge < -0.3 is 10.4 Å². The number of hydrogen-bond donors (Lipinski definition) is 2. The van der Waals surface area contributed by atoms with Crippen molar-refractivity contribution in [3.63, 3.8) is 0 Å². The van der Waals surface area contributed by atoms with Gasteiger partial charge in [-0.3, -0.25) is 9.88 Å². The molecule has 0 amide bonds. The summed E-state index contributed by atoms with van der Waals surface area (Å²) in [7, 11) is 0. The molecule has 5 heteroatoms. The summed E-state index contributed by atoms with van der Waals surface area (Å²) in [6.07, 6.45) is 3.82. The number of thiophene rings is 1. The van der Waals surface area contributed by atoms with E-state index in [-0.39, 0.29) is 0 Å². The Morgan fingerprint density at radius 1 is 1.29 bits per heavy atom. The first-order valence-electron chi connectivity index (χ1n) is 8.78. The third-order valence-corrected chi connectivity index (χ3v) is 6.33. The molecule has 2 aromatic rings. The van der Waals surface area contributed by atoms with Crippen molar-refractivity contribution in [3.05, 3.63) is 45.9 Å². The third kappa shape index (κ3) is 3.21. The van der Waals surface area contributed by atoms with Gasteiger partial charge in [0, 0.05) is 24.8 Å². The quantitative estimate of drug-likeness (QED) is 0.874. The molecule has 3 heterocycles. The average molecular weight is 343 g/mol. The molecule has 0 unspecified atom stereocenters. The van der Waals surface area contributed by atoms with Gasteiger partial charge in [0.2, 0.25) is 0 Å². The zero-order valence-electron chi connectivity index (χ0n) is 14.2. The molecule has 0 bridgehead atoms. The highest BCUT2D eigenvalue weighted by molar-refractivity contribution is 7.07. The minimum absolute atomic E-state index is 0.316. The molecule has 0 aromatic carbocycles. The van der Waals surface area contributed by atoms with Crippen LogP contribution in [-0.4, -0.2) is 34.1 Å². The lowest BCUT2D eigenvalue weighted by molar-refractivity contribution is 0.184. The summed E-state index contributed by atoms with van der Waals surface area (Å²) in [6, 6.07) is 6.46. The van der Waals surface area contributed by atoms with E-state index in [1.807, 2.05) is 13.0 Å². The number of aromatic nitrogens is 1. The number of piperidine rings is 1. The standard InChI is InChI=1S/C19H25N3OS/c1-14-2-3-17(23)16(21-14)12-22(11-15-4-9-24-13-15)18-10-19(18)5-7-20-8-6-19/h2-4,9,13,18,20,23H,5-8,10-12H2,1H3/t18-/m1/s1. The van der Waals surface area contributed by atoms with E-state index in [4.69, 9.17) is 0 Å². The van der Waals surface area contributed by atoms with E-state index < -0.39 is 0 Å². The minimum atomic E-state index is 0.316. The van der Waals surface area contributed by atoms with Crippen LogP contribution in [0.5, 0.6) is 5.75 Å². The van der Waals surface area contributed by atoms with Crippen LogP contribution in [0.2, 0.25) is 0 Å². The van der Waals surface area contributed by atoms with Crippen LogP contribution < -0.4 is 5.32 Å². The summed E-state index contributed by atoms with van der Waals surface area (Å²) in [5.41, 5.74) is 3.62. The molecule has 1 saturated heterocycles. The summed E-state index contributed by atoms with van der Waals surface area (Å²) < 4.78 is 0. The Balaban J connectivity index is 1.55.